The van der Waals surface area contributed by atoms with Gasteiger partial charge in [0, 0.05) is 9.50 Å². The number of benzene rings is 2. The number of amides is 3. The molecule has 3 amide bonds. The van der Waals surface area contributed by atoms with Crippen LogP contribution in [0.1, 0.15) is 5.56 Å². The minimum absolute atomic E-state index is 0.0620. The van der Waals surface area contributed by atoms with Gasteiger partial charge in [0.25, 0.3) is 5.91 Å². The van der Waals surface area contributed by atoms with E-state index in [0.717, 1.165) is 4.90 Å². The van der Waals surface area contributed by atoms with Crippen molar-refractivity contribution in [1.29, 1.82) is 0 Å². The zero-order chi connectivity index (χ0) is 21.1. The molecule has 1 fully saturated rings. The Kier molecular flexibility index (Phi) is 6.09. The number of imide groups is 1. The van der Waals surface area contributed by atoms with Crippen molar-refractivity contribution < 1.29 is 29.0 Å². The van der Waals surface area contributed by atoms with Gasteiger partial charge in [-0.25, -0.2) is 14.5 Å². The van der Waals surface area contributed by atoms with E-state index in [1.165, 1.54) is 19.3 Å². The van der Waals surface area contributed by atoms with Crippen molar-refractivity contribution in [2.75, 3.05) is 18.6 Å². The molecule has 1 aliphatic rings. The van der Waals surface area contributed by atoms with E-state index < -0.39 is 24.5 Å². The molecule has 150 valence electrons. The van der Waals surface area contributed by atoms with E-state index in [0.29, 0.717) is 20.7 Å². The Bertz CT molecular complexity index is 1020. The van der Waals surface area contributed by atoms with E-state index in [1.807, 2.05) is 0 Å². The van der Waals surface area contributed by atoms with E-state index in [2.05, 4.69) is 21.2 Å². The number of nitrogens with one attached hydrogen (secondary N) is 1. The third-order valence-corrected chi connectivity index (χ3v) is 4.84. The molecule has 2 N–H and O–H groups in total. The molecule has 2 aromatic carbocycles. The number of anilines is 1. The number of rotatable bonds is 6. The van der Waals surface area contributed by atoms with Gasteiger partial charge in [-0.3, -0.25) is 4.79 Å². The zero-order valence-electron chi connectivity index (χ0n) is 14.9. The quantitative estimate of drug-likeness (QED) is 0.482. The van der Waals surface area contributed by atoms with Gasteiger partial charge in [0.05, 0.1) is 12.8 Å². The largest absolute Gasteiger partial charge is 0.493 e. The molecule has 1 saturated heterocycles. The lowest BCUT2D eigenvalue weighted by Crippen LogP contribution is -2.30. The number of carbonyl (C=O) groups is 3. The molecular weight excluding hydrogens is 468 g/mol. The Morgan fingerprint density at radius 3 is 2.55 bits per heavy atom. The first-order valence-corrected chi connectivity index (χ1v) is 9.32. The van der Waals surface area contributed by atoms with Crippen LogP contribution in [0, 0.1) is 0 Å². The predicted octanol–water partition coefficient (Wildman–Crippen LogP) is 3.67. The molecule has 10 heteroatoms. The molecule has 1 aliphatic heterocycles. The molecule has 3 rings (SSSR count). The van der Waals surface area contributed by atoms with E-state index in [4.69, 9.17) is 26.2 Å². The first-order chi connectivity index (χ1) is 13.8. The maximum Gasteiger partial charge on any atom is 0.341 e. The molecule has 0 aliphatic carbocycles. The van der Waals surface area contributed by atoms with Gasteiger partial charge in [0.1, 0.15) is 5.70 Å². The highest BCUT2D eigenvalue weighted by Crippen LogP contribution is 2.35. The Morgan fingerprint density at radius 2 is 1.93 bits per heavy atom. The normalized spacial score (nSPS) is 14.9. The van der Waals surface area contributed by atoms with Crippen molar-refractivity contribution in [1.82, 2.24) is 5.32 Å². The zero-order valence-corrected chi connectivity index (χ0v) is 17.3. The summed E-state index contributed by atoms with van der Waals surface area (Å²) in [6, 6.07) is 8.78. The summed E-state index contributed by atoms with van der Waals surface area (Å²) in [4.78, 5) is 36.7. The summed E-state index contributed by atoms with van der Waals surface area (Å²) < 4.78 is 10.9. The molecular formula is C19H14BrClN2O6. The van der Waals surface area contributed by atoms with Gasteiger partial charge in [-0.1, -0.05) is 27.5 Å². The van der Waals surface area contributed by atoms with Crippen LogP contribution >= 0.6 is 27.5 Å². The van der Waals surface area contributed by atoms with Gasteiger partial charge in [0.2, 0.25) is 0 Å². The molecule has 1 heterocycles. The Hall–Kier alpha value is -3.04. The SMILES string of the molecule is COc1cc(/C=C2/NC(=O)N(c3ccc(Cl)cc3)C2=O)c(Br)cc1OCC(=O)O. The summed E-state index contributed by atoms with van der Waals surface area (Å²) in [5.41, 5.74) is 0.965. The number of aliphatic carboxylic acids is 1. The van der Waals surface area contributed by atoms with Gasteiger partial charge < -0.3 is 19.9 Å². The number of ether oxygens (including phenoxy) is 2. The number of halogens is 2. The highest BCUT2D eigenvalue weighted by molar-refractivity contribution is 9.10. The maximum absolute atomic E-state index is 12.7. The number of hydrogen-bond donors (Lipinski definition) is 2. The number of methoxy groups -OCH3 is 1. The smallest absolute Gasteiger partial charge is 0.341 e. The van der Waals surface area contributed by atoms with Crippen molar-refractivity contribution in [3.63, 3.8) is 0 Å². The molecule has 8 nitrogen and oxygen atoms in total. The highest BCUT2D eigenvalue weighted by atomic mass is 79.9. The molecule has 29 heavy (non-hydrogen) atoms. The van der Waals surface area contributed by atoms with Gasteiger partial charge >= 0.3 is 12.0 Å². The number of carboxylic acids is 1. The summed E-state index contributed by atoms with van der Waals surface area (Å²) in [5, 5.41) is 11.8. The fourth-order valence-electron chi connectivity index (χ4n) is 2.59. The van der Waals surface area contributed by atoms with Gasteiger partial charge in [-0.2, -0.15) is 0 Å². The van der Waals surface area contributed by atoms with Gasteiger partial charge in [-0.15, -0.1) is 0 Å². The van der Waals surface area contributed by atoms with Crippen LogP contribution in [0.15, 0.2) is 46.6 Å². The van der Waals surface area contributed by atoms with Crippen molar-refractivity contribution in [2.24, 2.45) is 0 Å². The first kappa shape index (κ1) is 20.7. The molecule has 0 aromatic heterocycles. The fourth-order valence-corrected chi connectivity index (χ4v) is 3.15. The third kappa shape index (κ3) is 4.52. The van der Waals surface area contributed by atoms with Crippen LogP contribution in [0.4, 0.5) is 10.5 Å². The number of carboxylic acid groups (broad SMARTS) is 1. The van der Waals surface area contributed by atoms with Crippen LogP contribution in [-0.4, -0.2) is 36.7 Å². The Balaban J connectivity index is 1.91. The van der Waals surface area contributed by atoms with E-state index in [1.54, 1.807) is 30.3 Å². The molecule has 0 spiro atoms. The molecule has 2 aromatic rings. The molecule has 0 unspecified atom stereocenters. The van der Waals surface area contributed by atoms with Crippen molar-refractivity contribution in [3.05, 3.63) is 57.2 Å². The van der Waals surface area contributed by atoms with Gasteiger partial charge in [-0.05, 0) is 48.0 Å². The predicted molar refractivity (Wildman–Crippen MR) is 109 cm³/mol. The number of carbonyl (C=O) groups excluding carboxylic acids is 2. The van der Waals surface area contributed by atoms with Crippen LogP contribution in [0.5, 0.6) is 11.5 Å². The van der Waals surface area contributed by atoms with Crippen LogP contribution in [0.25, 0.3) is 6.08 Å². The molecule has 0 atom stereocenters. The lowest BCUT2D eigenvalue weighted by Gasteiger charge is -2.12. The standard InChI is InChI=1S/C19H14BrClN2O6/c1-28-15-7-10(13(20)8-16(15)29-9-17(24)25)6-14-18(26)23(19(27)22-14)12-4-2-11(21)3-5-12/h2-8H,9H2,1H3,(H,22,27)(H,24,25)/b14-6+. The average Bonchev–Trinajstić information content (AvgIpc) is 2.95. The summed E-state index contributed by atoms with van der Waals surface area (Å²) in [6.45, 7) is -0.534. The lowest BCUT2D eigenvalue weighted by atomic mass is 10.1. The summed E-state index contributed by atoms with van der Waals surface area (Å²) in [7, 11) is 1.40. The Morgan fingerprint density at radius 1 is 1.24 bits per heavy atom. The third-order valence-electron chi connectivity index (χ3n) is 3.90. The number of nitrogens with zero attached hydrogens (tertiary/aromatic N) is 1. The van der Waals surface area contributed by atoms with E-state index in [9.17, 15) is 14.4 Å². The van der Waals surface area contributed by atoms with E-state index >= 15 is 0 Å². The van der Waals surface area contributed by atoms with Gasteiger partial charge in [0.15, 0.2) is 18.1 Å². The average molecular weight is 482 g/mol. The van der Waals surface area contributed by atoms with Crippen LogP contribution < -0.4 is 19.7 Å². The molecule has 0 radical (unpaired) electrons. The van der Waals surface area contributed by atoms with E-state index in [-0.39, 0.29) is 17.2 Å². The number of hydrogen-bond acceptors (Lipinski definition) is 5. The minimum atomic E-state index is -1.13. The fraction of sp³-hybridized carbons (Fsp3) is 0.105. The van der Waals surface area contributed by atoms with Crippen LogP contribution in [0.3, 0.4) is 0 Å². The monoisotopic (exact) mass is 480 g/mol. The van der Waals surface area contributed by atoms with Crippen LogP contribution in [-0.2, 0) is 9.59 Å². The molecule has 0 bridgehead atoms. The second-order valence-corrected chi connectivity index (χ2v) is 7.10. The second kappa shape index (κ2) is 8.54. The first-order valence-electron chi connectivity index (χ1n) is 8.15. The number of urea groups is 1. The van der Waals surface area contributed by atoms with Crippen molar-refractivity contribution >= 4 is 57.2 Å². The highest BCUT2D eigenvalue weighted by Gasteiger charge is 2.35. The summed E-state index contributed by atoms with van der Waals surface area (Å²) in [5.74, 6) is -1.17. The lowest BCUT2D eigenvalue weighted by molar-refractivity contribution is -0.139. The summed E-state index contributed by atoms with van der Waals surface area (Å²) >= 11 is 9.20. The maximum atomic E-state index is 12.7. The van der Waals surface area contributed by atoms with Crippen LogP contribution in [0.2, 0.25) is 5.02 Å². The van der Waals surface area contributed by atoms with Crippen molar-refractivity contribution in [2.45, 2.75) is 0 Å². The Labute approximate surface area is 178 Å². The molecule has 0 saturated carbocycles. The minimum Gasteiger partial charge on any atom is -0.493 e. The van der Waals surface area contributed by atoms with Crippen molar-refractivity contribution in [3.8, 4) is 11.5 Å². The second-order valence-electron chi connectivity index (χ2n) is 5.81. The topological polar surface area (TPSA) is 105 Å². The summed E-state index contributed by atoms with van der Waals surface area (Å²) in [6.07, 6.45) is 1.48.